The third-order valence-electron chi connectivity index (χ3n) is 2.28. The lowest BCUT2D eigenvalue weighted by atomic mass is 10.2. The molecule has 0 fully saturated rings. The Hall–Kier alpha value is -2.74. The first-order chi connectivity index (χ1) is 10.8. The average molecular weight is 294 g/mol. The van der Waals surface area contributed by atoms with Gasteiger partial charge in [0.15, 0.2) is 0 Å². The van der Waals surface area contributed by atoms with E-state index in [4.69, 9.17) is 0 Å². The summed E-state index contributed by atoms with van der Waals surface area (Å²) < 4.78 is 0. The molecule has 0 heterocycles. The summed E-state index contributed by atoms with van der Waals surface area (Å²) in [5, 5.41) is 0. The highest BCUT2D eigenvalue weighted by molar-refractivity contribution is 5.66. The van der Waals surface area contributed by atoms with Gasteiger partial charge in [-0.25, -0.2) is 0 Å². The van der Waals surface area contributed by atoms with Crippen molar-refractivity contribution in [3.8, 4) is 0 Å². The first-order valence-corrected chi connectivity index (χ1v) is 7.03. The van der Waals surface area contributed by atoms with Crippen LogP contribution in [0.2, 0.25) is 0 Å². The summed E-state index contributed by atoms with van der Waals surface area (Å²) in [5.41, 5.74) is 0.919. The second-order valence-corrected chi connectivity index (χ2v) is 4.16. The lowest BCUT2D eigenvalue weighted by Crippen LogP contribution is -1.68. The topological polar surface area (TPSA) is 34.1 Å². The van der Waals surface area contributed by atoms with Crippen molar-refractivity contribution in [3.63, 3.8) is 0 Å². The molecule has 0 aliphatic rings. The van der Waals surface area contributed by atoms with Crippen LogP contribution in [0.4, 0.5) is 0 Å². The van der Waals surface area contributed by atoms with Crippen molar-refractivity contribution in [1.29, 1.82) is 0 Å². The fourth-order valence-corrected chi connectivity index (χ4v) is 1.22. The average Bonchev–Trinajstić information content (AvgIpc) is 2.51. The Morgan fingerprint density at radius 1 is 0.682 bits per heavy atom. The van der Waals surface area contributed by atoms with Crippen molar-refractivity contribution in [3.05, 3.63) is 96.7 Å². The van der Waals surface area contributed by atoms with E-state index in [1.54, 1.807) is 6.08 Å². The number of carbonyl (C=O) groups is 2. The van der Waals surface area contributed by atoms with Gasteiger partial charge in [-0.15, -0.1) is 0 Å². The molecule has 2 nitrogen and oxygen atoms in total. The summed E-state index contributed by atoms with van der Waals surface area (Å²) in [6.45, 7) is 1.87. The summed E-state index contributed by atoms with van der Waals surface area (Å²) in [7, 11) is 0. The molecule has 0 N–H and O–H groups in total. The predicted octanol–water partition coefficient (Wildman–Crippen LogP) is 4.61. The van der Waals surface area contributed by atoms with Gasteiger partial charge in [0.25, 0.3) is 0 Å². The van der Waals surface area contributed by atoms with Gasteiger partial charge in [-0.2, -0.15) is 0 Å². The van der Waals surface area contributed by atoms with E-state index in [-0.39, 0.29) is 0 Å². The molecule has 0 atom stereocenters. The van der Waals surface area contributed by atoms with Crippen molar-refractivity contribution < 1.29 is 9.59 Å². The van der Waals surface area contributed by atoms with E-state index in [2.05, 4.69) is 0 Å². The highest BCUT2D eigenvalue weighted by Gasteiger charge is 1.75. The minimum Gasteiger partial charge on any atom is -0.303 e. The van der Waals surface area contributed by atoms with Gasteiger partial charge < -0.3 is 4.79 Å². The Labute approximate surface area is 132 Å². The molecule has 0 saturated heterocycles. The molecule has 0 unspecified atom stereocenters. The maximum Gasteiger partial charge on any atom is 0.143 e. The smallest absolute Gasteiger partial charge is 0.143 e. The van der Waals surface area contributed by atoms with Crippen LogP contribution < -0.4 is 0 Å². The maximum atomic E-state index is 10.2. The summed E-state index contributed by atoms with van der Waals surface area (Å²) in [6, 6.07) is 0. The number of aldehydes is 2. The van der Waals surface area contributed by atoms with E-state index in [0.717, 1.165) is 18.1 Å². The number of allylic oxidation sites excluding steroid dienone is 16. The van der Waals surface area contributed by atoms with Gasteiger partial charge in [0.2, 0.25) is 0 Å². The molecular formula is C20H22O2. The van der Waals surface area contributed by atoms with Crippen LogP contribution in [-0.4, -0.2) is 12.6 Å². The van der Waals surface area contributed by atoms with E-state index in [1.165, 1.54) is 6.08 Å². The Bertz CT molecular complexity index is 536. The minimum absolute atomic E-state index is 0.453. The standard InChI is InChI=1S/C20H22O2/c1-20(17-19-22)16-14-12-10-8-6-4-2-3-5-7-9-11-13-15-18-21/h2-14,16-19H,15H2,1H3. The predicted molar refractivity (Wildman–Crippen MR) is 94.5 cm³/mol. The fourth-order valence-electron chi connectivity index (χ4n) is 1.22. The van der Waals surface area contributed by atoms with Crippen LogP contribution >= 0.6 is 0 Å². The zero-order valence-corrected chi connectivity index (χ0v) is 12.8. The molecule has 0 bridgehead atoms. The monoisotopic (exact) mass is 294 g/mol. The zero-order valence-electron chi connectivity index (χ0n) is 12.8. The van der Waals surface area contributed by atoms with E-state index in [1.807, 2.05) is 85.9 Å². The molecule has 0 aliphatic carbocycles. The van der Waals surface area contributed by atoms with Crippen LogP contribution in [0.5, 0.6) is 0 Å². The van der Waals surface area contributed by atoms with Crippen molar-refractivity contribution in [2.75, 3.05) is 0 Å². The van der Waals surface area contributed by atoms with Gasteiger partial charge in [-0.1, -0.05) is 85.1 Å². The van der Waals surface area contributed by atoms with Crippen LogP contribution in [0.3, 0.4) is 0 Å². The molecule has 2 heteroatoms. The lowest BCUT2D eigenvalue weighted by molar-refractivity contribution is -0.107. The van der Waals surface area contributed by atoms with Crippen LogP contribution in [-0.2, 0) is 9.59 Å². The van der Waals surface area contributed by atoms with Crippen molar-refractivity contribution >= 4 is 12.6 Å². The van der Waals surface area contributed by atoms with E-state index in [9.17, 15) is 9.59 Å². The summed E-state index contributed by atoms with van der Waals surface area (Å²) in [6.07, 6.45) is 30.1. The maximum absolute atomic E-state index is 10.2. The summed E-state index contributed by atoms with van der Waals surface area (Å²) in [5.74, 6) is 0. The molecular weight excluding hydrogens is 272 g/mol. The number of hydrogen-bond donors (Lipinski definition) is 0. The van der Waals surface area contributed by atoms with Gasteiger partial charge >= 0.3 is 0 Å². The molecule has 0 spiro atoms. The lowest BCUT2D eigenvalue weighted by Gasteiger charge is -1.83. The van der Waals surface area contributed by atoms with Crippen molar-refractivity contribution in [2.24, 2.45) is 0 Å². The van der Waals surface area contributed by atoms with Gasteiger partial charge in [-0.3, -0.25) is 4.79 Å². The summed E-state index contributed by atoms with van der Waals surface area (Å²) in [4.78, 5) is 20.3. The van der Waals surface area contributed by atoms with E-state index < -0.39 is 0 Å². The second-order valence-electron chi connectivity index (χ2n) is 4.16. The van der Waals surface area contributed by atoms with E-state index in [0.29, 0.717) is 6.42 Å². The Balaban J connectivity index is 3.95. The van der Waals surface area contributed by atoms with Crippen molar-refractivity contribution in [2.45, 2.75) is 13.3 Å². The molecule has 114 valence electrons. The molecule has 0 saturated carbocycles. The highest BCUT2D eigenvalue weighted by Crippen LogP contribution is 1.93. The van der Waals surface area contributed by atoms with Gasteiger partial charge in [0.1, 0.15) is 12.6 Å². The Morgan fingerprint density at radius 2 is 1.14 bits per heavy atom. The zero-order chi connectivity index (χ0) is 16.3. The first-order valence-electron chi connectivity index (χ1n) is 7.03. The molecule has 0 rings (SSSR count). The molecule has 0 aromatic carbocycles. The SMILES string of the molecule is CC(C=CC=CC=CC=CC=CC=CC=CCC=O)=CC=O. The summed E-state index contributed by atoms with van der Waals surface area (Å²) >= 11 is 0. The molecule has 0 radical (unpaired) electrons. The highest BCUT2D eigenvalue weighted by atomic mass is 16.1. The van der Waals surface area contributed by atoms with Crippen LogP contribution in [0, 0.1) is 0 Å². The van der Waals surface area contributed by atoms with Crippen LogP contribution in [0.1, 0.15) is 13.3 Å². The minimum atomic E-state index is 0.453. The molecule has 0 aromatic heterocycles. The van der Waals surface area contributed by atoms with Crippen molar-refractivity contribution in [1.82, 2.24) is 0 Å². The van der Waals surface area contributed by atoms with Gasteiger partial charge in [0.05, 0.1) is 0 Å². The first kappa shape index (κ1) is 19.3. The number of carbonyl (C=O) groups excluding carboxylic acids is 2. The van der Waals surface area contributed by atoms with Crippen LogP contribution in [0.25, 0.3) is 0 Å². The van der Waals surface area contributed by atoms with E-state index >= 15 is 0 Å². The third-order valence-corrected chi connectivity index (χ3v) is 2.28. The fraction of sp³-hybridized carbons (Fsp3) is 0.100. The number of rotatable bonds is 10. The van der Waals surface area contributed by atoms with Crippen LogP contribution in [0.15, 0.2) is 96.7 Å². The quantitative estimate of drug-likeness (QED) is 0.335. The second kappa shape index (κ2) is 16.3. The largest absolute Gasteiger partial charge is 0.303 e. The Morgan fingerprint density at radius 3 is 1.59 bits per heavy atom. The normalized spacial score (nSPS) is 14.1. The third kappa shape index (κ3) is 15.3. The molecule has 0 amide bonds. The molecule has 0 aromatic rings. The molecule has 0 aliphatic heterocycles. The van der Waals surface area contributed by atoms with Gasteiger partial charge in [0, 0.05) is 6.42 Å². The molecule has 22 heavy (non-hydrogen) atoms. The Kier molecular flexibility index (Phi) is 14.3. The van der Waals surface area contributed by atoms with Gasteiger partial charge in [-0.05, 0) is 18.6 Å². The number of hydrogen-bond acceptors (Lipinski definition) is 2.